The van der Waals surface area contributed by atoms with E-state index in [0.717, 1.165) is 4.60 Å². The maximum atomic E-state index is 3.35. The molecule has 1 atom stereocenters. The molecule has 0 aliphatic carbocycles. The number of hydrogen-bond acceptors (Lipinski definition) is 1. The van der Waals surface area contributed by atoms with E-state index in [9.17, 15) is 0 Å². The number of rotatable bonds is 2. The molecule has 0 radical (unpaired) electrons. The highest BCUT2D eigenvalue weighted by atomic mass is 79.9. The fourth-order valence-electron chi connectivity index (χ4n) is 0.792. The topological polar surface area (TPSA) is 27.8 Å². The summed E-state index contributed by atoms with van der Waals surface area (Å²) in [7, 11) is 1.94. The first-order chi connectivity index (χ1) is 4.74. The van der Waals surface area contributed by atoms with Crippen molar-refractivity contribution < 1.29 is 0 Å². The highest BCUT2D eigenvalue weighted by Crippen LogP contribution is 2.14. The van der Waals surface area contributed by atoms with E-state index >= 15 is 0 Å². The van der Waals surface area contributed by atoms with Crippen molar-refractivity contribution >= 4 is 15.9 Å². The standard InChI is InChI=1S/C7H11BrN2/c1-5(9-2)6-3-4-7(8)10-6/h3-5,9-10H,1-2H3. The van der Waals surface area contributed by atoms with Crippen LogP contribution in [-0.4, -0.2) is 12.0 Å². The van der Waals surface area contributed by atoms with Gasteiger partial charge in [0.25, 0.3) is 0 Å². The van der Waals surface area contributed by atoms with Crippen molar-refractivity contribution in [1.82, 2.24) is 10.3 Å². The predicted octanol–water partition coefficient (Wildman–Crippen LogP) is 2.06. The van der Waals surface area contributed by atoms with Crippen molar-refractivity contribution in [1.29, 1.82) is 0 Å². The molecule has 0 amide bonds. The van der Waals surface area contributed by atoms with Gasteiger partial charge in [-0.2, -0.15) is 0 Å². The molecule has 1 aromatic heterocycles. The second-order valence-electron chi connectivity index (χ2n) is 2.27. The van der Waals surface area contributed by atoms with Crippen molar-refractivity contribution in [2.24, 2.45) is 0 Å². The molecule has 0 bridgehead atoms. The monoisotopic (exact) mass is 202 g/mol. The van der Waals surface area contributed by atoms with Gasteiger partial charge in [-0.1, -0.05) is 0 Å². The minimum atomic E-state index is 0.395. The highest BCUT2D eigenvalue weighted by Gasteiger charge is 2.02. The van der Waals surface area contributed by atoms with E-state index in [1.165, 1.54) is 5.69 Å². The molecule has 2 N–H and O–H groups in total. The average molecular weight is 203 g/mol. The molecule has 0 fully saturated rings. The van der Waals surface area contributed by atoms with Gasteiger partial charge in [-0.25, -0.2) is 0 Å². The molecular weight excluding hydrogens is 192 g/mol. The largest absolute Gasteiger partial charge is 0.352 e. The molecule has 0 aliphatic rings. The molecule has 0 aliphatic heterocycles. The molecule has 1 unspecified atom stereocenters. The fraction of sp³-hybridized carbons (Fsp3) is 0.429. The van der Waals surface area contributed by atoms with Gasteiger partial charge in [-0.05, 0) is 42.0 Å². The van der Waals surface area contributed by atoms with Gasteiger partial charge < -0.3 is 10.3 Å². The first-order valence-electron chi connectivity index (χ1n) is 3.25. The smallest absolute Gasteiger partial charge is 0.0822 e. The molecule has 0 aromatic carbocycles. The Hall–Kier alpha value is -0.280. The molecule has 1 rings (SSSR count). The minimum absolute atomic E-state index is 0.395. The Labute approximate surface area is 69.2 Å². The number of aromatic nitrogens is 1. The summed E-state index contributed by atoms with van der Waals surface area (Å²) in [6, 6.07) is 4.46. The quantitative estimate of drug-likeness (QED) is 0.756. The summed E-state index contributed by atoms with van der Waals surface area (Å²) in [5, 5.41) is 3.14. The van der Waals surface area contributed by atoms with Gasteiger partial charge in [-0.15, -0.1) is 0 Å². The lowest BCUT2D eigenvalue weighted by Crippen LogP contribution is -2.12. The van der Waals surface area contributed by atoms with Crippen LogP contribution >= 0.6 is 15.9 Å². The van der Waals surface area contributed by atoms with E-state index in [-0.39, 0.29) is 0 Å². The van der Waals surface area contributed by atoms with Crippen LogP contribution in [0.3, 0.4) is 0 Å². The molecule has 1 aromatic rings. The zero-order valence-electron chi connectivity index (χ0n) is 6.11. The Morgan fingerprint density at radius 2 is 2.30 bits per heavy atom. The first kappa shape index (κ1) is 7.82. The number of hydrogen-bond donors (Lipinski definition) is 2. The van der Waals surface area contributed by atoms with Gasteiger partial charge in [0, 0.05) is 11.7 Å². The van der Waals surface area contributed by atoms with Gasteiger partial charge in [0.05, 0.1) is 4.60 Å². The number of H-pyrrole nitrogens is 1. The lowest BCUT2D eigenvalue weighted by molar-refractivity contribution is 0.636. The Morgan fingerprint density at radius 3 is 2.70 bits per heavy atom. The molecule has 0 spiro atoms. The summed E-state index contributed by atoms with van der Waals surface area (Å²) in [5.74, 6) is 0. The van der Waals surface area contributed by atoms with E-state index in [2.05, 4.69) is 39.2 Å². The lowest BCUT2D eigenvalue weighted by atomic mass is 10.2. The predicted molar refractivity (Wildman–Crippen MR) is 46.0 cm³/mol. The van der Waals surface area contributed by atoms with E-state index in [0.29, 0.717) is 6.04 Å². The normalized spacial score (nSPS) is 13.5. The first-order valence-corrected chi connectivity index (χ1v) is 4.05. The van der Waals surface area contributed by atoms with Crippen molar-refractivity contribution in [3.63, 3.8) is 0 Å². The van der Waals surface area contributed by atoms with Crippen molar-refractivity contribution in [3.05, 3.63) is 22.4 Å². The highest BCUT2D eigenvalue weighted by molar-refractivity contribution is 9.10. The number of halogens is 1. The van der Waals surface area contributed by atoms with Crippen LogP contribution in [0.5, 0.6) is 0 Å². The van der Waals surface area contributed by atoms with E-state index < -0.39 is 0 Å². The molecule has 0 saturated carbocycles. The maximum Gasteiger partial charge on any atom is 0.0822 e. The Balaban J connectivity index is 2.74. The van der Waals surface area contributed by atoms with Gasteiger partial charge >= 0.3 is 0 Å². The summed E-state index contributed by atoms with van der Waals surface area (Å²) in [4.78, 5) is 3.18. The third kappa shape index (κ3) is 1.61. The van der Waals surface area contributed by atoms with Crippen molar-refractivity contribution in [3.8, 4) is 0 Å². The van der Waals surface area contributed by atoms with Crippen LogP contribution in [0.25, 0.3) is 0 Å². The summed E-state index contributed by atoms with van der Waals surface area (Å²) >= 11 is 3.35. The van der Waals surface area contributed by atoms with E-state index in [4.69, 9.17) is 0 Å². The van der Waals surface area contributed by atoms with Crippen LogP contribution < -0.4 is 5.32 Å². The number of nitrogens with one attached hydrogen (secondary N) is 2. The van der Waals surface area contributed by atoms with Crippen LogP contribution in [0.4, 0.5) is 0 Å². The third-order valence-electron chi connectivity index (χ3n) is 1.57. The van der Waals surface area contributed by atoms with Gasteiger partial charge in [0.15, 0.2) is 0 Å². The Kier molecular flexibility index (Phi) is 2.51. The molecule has 10 heavy (non-hydrogen) atoms. The maximum absolute atomic E-state index is 3.35. The second-order valence-corrected chi connectivity index (χ2v) is 3.13. The Bertz CT molecular complexity index is 207. The molecule has 2 nitrogen and oxygen atoms in total. The molecule has 56 valence electrons. The van der Waals surface area contributed by atoms with Gasteiger partial charge in [-0.3, -0.25) is 0 Å². The van der Waals surface area contributed by atoms with Gasteiger partial charge in [0.2, 0.25) is 0 Å². The molecule has 3 heteroatoms. The zero-order chi connectivity index (χ0) is 7.56. The average Bonchev–Trinajstić information content (AvgIpc) is 2.34. The summed E-state index contributed by atoms with van der Waals surface area (Å²) < 4.78 is 1.03. The third-order valence-corrected chi connectivity index (χ3v) is 2.04. The fourth-order valence-corrected chi connectivity index (χ4v) is 1.15. The van der Waals surface area contributed by atoms with Gasteiger partial charge in [0.1, 0.15) is 0 Å². The second kappa shape index (κ2) is 3.21. The van der Waals surface area contributed by atoms with Crippen LogP contribution in [-0.2, 0) is 0 Å². The summed E-state index contributed by atoms with van der Waals surface area (Å²) in [6.45, 7) is 2.11. The molecular formula is C7H11BrN2. The van der Waals surface area contributed by atoms with Crippen molar-refractivity contribution in [2.75, 3.05) is 7.05 Å². The summed E-state index contributed by atoms with van der Waals surface area (Å²) in [6.07, 6.45) is 0. The lowest BCUT2D eigenvalue weighted by Gasteiger charge is -2.06. The van der Waals surface area contributed by atoms with E-state index in [1.54, 1.807) is 0 Å². The Morgan fingerprint density at radius 1 is 1.60 bits per heavy atom. The summed E-state index contributed by atoms with van der Waals surface area (Å²) in [5.41, 5.74) is 1.20. The zero-order valence-corrected chi connectivity index (χ0v) is 7.70. The molecule has 1 heterocycles. The number of aromatic amines is 1. The van der Waals surface area contributed by atoms with Crippen LogP contribution in [0.15, 0.2) is 16.7 Å². The van der Waals surface area contributed by atoms with Crippen LogP contribution in [0.2, 0.25) is 0 Å². The van der Waals surface area contributed by atoms with E-state index in [1.807, 2.05) is 13.1 Å². The molecule has 0 saturated heterocycles. The SMILES string of the molecule is CNC(C)c1ccc(Br)[nH]1. The minimum Gasteiger partial charge on any atom is -0.352 e. The van der Waals surface area contributed by atoms with Crippen molar-refractivity contribution in [2.45, 2.75) is 13.0 Å². The van der Waals surface area contributed by atoms with Crippen LogP contribution in [0.1, 0.15) is 18.7 Å². The van der Waals surface area contributed by atoms with Crippen LogP contribution in [0, 0.1) is 0 Å².